The van der Waals surface area contributed by atoms with Crippen LogP contribution in [0.25, 0.3) is 11.2 Å². The molecule has 142 valence electrons. The lowest BCUT2D eigenvalue weighted by molar-refractivity contribution is 0.0578. The van der Waals surface area contributed by atoms with Crippen molar-refractivity contribution in [1.29, 1.82) is 0 Å². The number of imidazole rings is 1. The van der Waals surface area contributed by atoms with Crippen LogP contribution in [-0.4, -0.2) is 55.0 Å². The minimum absolute atomic E-state index is 0.0364. The van der Waals surface area contributed by atoms with Gasteiger partial charge in [-0.2, -0.15) is 4.98 Å². The van der Waals surface area contributed by atoms with Gasteiger partial charge in [-0.25, -0.2) is 4.98 Å². The van der Waals surface area contributed by atoms with E-state index in [1.54, 1.807) is 10.9 Å². The van der Waals surface area contributed by atoms with Crippen molar-refractivity contribution in [3.8, 4) is 0 Å². The second kappa shape index (κ2) is 7.68. The normalized spacial score (nSPS) is 20.2. The maximum Gasteiger partial charge on any atom is 0.350 e. The van der Waals surface area contributed by atoms with Gasteiger partial charge in [-0.1, -0.05) is 12.2 Å². The van der Waals surface area contributed by atoms with Crippen LogP contribution in [0, 0.1) is 0 Å². The topological polar surface area (TPSA) is 166 Å². The summed E-state index contributed by atoms with van der Waals surface area (Å²) in [5, 5.41) is 0. The molecule has 2 heterocycles. The Morgan fingerprint density at radius 1 is 1.38 bits per heavy atom. The number of aromatic nitrogens is 4. The SMILES string of the molecule is Nc1nc2c(ncn2[C@H]2C=C[C@@H](OCCCOCP(=O)(O)O)C2)c(=O)[nH]1. The molecule has 1 aliphatic rings. The number of aromatic amines is 1. The van der Waals surface area contributed by atoms with Gasteiger partial charge in [0.25, 0.3) is 5.56 Å². The van der Waals surface area contributed by atoms with Gasteiger partial charge in [-0.05, 0) is 6.42 Å². The van der Waals surface area contributed by atoms with Gasteiger partial charge in [0, 0.05) is 19.6 Å². The summed E-state index contributed by atoms with van der Waals surface area (Å²) in [5.41, 5.74) is 5.88. The first-order valence-corrected chi connectivity index (χ1v) is 9.78. The highest BCUT2D eigenvalue weighted by Gasteiger charge is 2.23. The Bertz CT molecular complexity index is 903. The molecule has 0 aliphatic heterocycles. The van der Waals surface area contributed by atoms with E-state index in [1.807, 2.05) is 12.2 Å². The average molecular weight is 385 g/mol. The van der Waals surface area contributed by atoms with Crippen LogP contribution in [-0.2, 0) is 14.0 Å². The fourth-order valence-electron chi connectivity index (χ4n) is 2.74. The number of rotatable bonds is 8. The van der Waals surface area contributed by atoms with Crippen molar-refractivity contribution < 1.29 is 23.8 Å². The van der Waals surface area contributed by atoms with E-state index in [1.165, 1.54) is 0 Å². The van der Waals surface area contributed by atoms with Crippen LogP contribution in [0.1, 0.15) is 18.9 Å². The average Bonchev–Trinajstić information content (AvgIpc) is 3.16. The lowest BCUT2D eigenvalue weighted by atomic mass is 10.2. The van der Waals surface area contributed by atoms with Crippen LogP contribution in [0.3, 0.4) is 0 Å². The first-order valence-electron chi connectivity index (χ1n) is 7.98. The first-order chi connectivity index (χ1) is 12.3. The molecular formula is C14H20N5O6P. The summed E-state index contributed by atoms with van der Waals surface area (Å²) in [6, 6.07) is -0.0513. The van der Waals surface area contributed by atoms with E-state index in [0.29, 0.717) is 25.1 Å². The standard InChI is InChI=1S/C14H20N5O6P/c15-14-17-12-11(13(20)18-14)16-7-19(12)9-2-3-10(6-9)25-5-1-4-24-8-26(21,22)23/h2-3,7,9-10H,1,4-6,8H2,(H2,21,22,23)(H3,15,17,18,20)/t9-,10+/m0/s1. The molecule has 0 saturated carbocycles. The lowest BCUT2D eigenvalue weighted by Crippen LogP contribution is -2.15. The number of nitrogens with two attached hydrogens (primary N) is 1. The van der Waals surface area contributed by atoms with Gasteiger partial charge in [0.05, 0.1) is 18.5 Å². The van der Waals surface area contributed by atoms with Gasteiger partial charge in [0.2, 0.25) is 5.95 Å². The smallest absolute Gasteiger partial charge is 0.350 e. The summed E-state index contributed by atoms with van der Waals surface area (Å²) in [6.45, 7) is 0.613. The second-order valence-corrected chi connectivity index (χ2v) is 7.52. The molecule has 2 aromatic rings. The van der Waals surface area contributed by atoms with Crippen molar-refractivity contribution in [2.24, 2.45) is 0 Å². The van der Waals surface area contributed by atoms with Crippen molar-refractivity contribution in [2.45, 2.75) is 25.0 Å². The van der Waals surface area contributed by atoms with E-state index in [-0.39, 0.29) is 35.8 Å². The molecule has 5 N–H and O–H groups in total. The Morgan fingerprint density at radius 2 is 2.19 bits per heavy atom. The molecule has 0 aromatic carbocycles. The highest BCUT2D eigenvalue weighted by atomic mass is 31.2. The fourth-order valence-corrected chi connectivity index (χ4v) is 3.11. The minimum atomic E-state index is -4.12. The van der Waals surface area contributed by atoms with Crippen molar-refractivity contribution >= 4 is 24.7 Å². The molecule has 0 bridgehead atoms. The number of nitrogen functional groups attached to an aromatic ring is 1. The Labute approximate surface area is 148 Å². The predicted molar refractivity (Wildman–Crippen MR) is 92.6 cm³/mol. The zero-order chi connectivity index (χ0) is 18.7. The van der Waals surface area contributed by atoms with Crippen molar-refractivity contribution in [1.82, 2.24) is 19.5 Å². The number of hydrogen-bond acceptors (Lipinski definition) is 7. The summed E-state index contributed by atoms with van der Waals surface area (Å²) in [7, 11) is -4.12. The third kappa shape index (κ3) is 4.57. The van der Waals surface area contributed by atoms with Gasteiger partial charge in [-0.15, -0.1) is 0 Å². The van der Waals surface area contributed by atoms with E-state index in [9.17, 15) is 9.36 Å². The first kappa shape index (κ1) is 18.7. The number of fused-ring (bicyclic) bond motifs is 1. The number of H-pyrrole nitrogens is 1. The number of hydrogen-bond donors (Lipinski definition) is 4. The molecule has 2 atom stereocenters. The lowest BCUT2D eigenvalue weighted by Gasteiger charge is -2.15. The van der Waals surface area contributed by atoms with E-state index in [4.69, 9.17) is 25.0 Å². The van der Waals surface area contributed by atoms with Gasteiger partial charge in [-0.3, -0.25) is 14.3 Å². The molecule has 0 saturated heterocycles. The quantitative estimate of drug-likeness (QED) is 0.281. The van der Waals surface area contributed by atoms with Crippen LogP contribution in [0.15, 0.2) is 23.3 Å². The summed E-state index contributed by atoms with van der Waals surface area (Å²) < 4.78 is 23.0. The molecule has 3 rings (SSSR count). The summed E-state index contributed by atoms with van der Waals surface area (Å²) in [5.74, 6) is 0.0364. The molecule has 0 unspecified atom stereocenters. The molecule has 2 aromatic heterocycles. The van der Waals surface area contributed by atoms with Crippen molar-refractivity contribution in [3.63, 3.8) is 0 Å². The number of nitrogens with one attached hydrogen (secondary N) is 1. The van der Waals surface area contributed by atoms with E-state index in [0.717, 1.165) is 0 Å². The minimum Gasteiger partial charge on any atom is -0.374 e. The third-order valence-corrected chi connectivity index (χ3v) is 4.37. The number of anilines is 1. The summed E-state index contributed by atoms with van der Waals surface area (Å²) in [4.78, 5) is 39.8. The van der Waals surface area contributed by atoms with Crippen molar-refractivity contribution in [3.05, 3.63) is 28.8 Å². The molecule has 1 aliphatic carbocycles. The van der Waals surface area contributed by atoms with Crippen LogP contribution in [0.2, 0.25) is 0 Å². The fraction of sp³-hybridized carbons (Fsp3) is 0.500. The number of nitrogens with zero attached hydrogens (tertiary/aromatic N) is 3. The van der Waals surface area contributed by atoms with E-state index in [2.05, 4.69) is 15.0 Å². The molecule has 0 radical (unpaired) electrons. The van der Waals surface area contributed by atoms with Gasteiger partial charge < -0.3 is 29.6 Å². The Hall–Kier alpha value is -2.04. The monoisotopic (exact) mass is 385 g/mol. The van der Waals surface area contributed by atoms with E-state index < -0.39 is 13.9 Å². The molecular weight excluding hydrogens is 365 g/mol. The summed E-state index contributed by atoms with van der Waals surface area (Å²) in [6.07, 6.45) is 5.91. The Morgan fingerprint density at radius 3 is 2.96 bits per heavy atom. The van der Waals surface area contributed by atoms with Crippen LogP contribution < -0.4 is 11.3 Å². The van der Waals surface area contributed by atoms with Gasteiger partial charge >= 0.3 is 7.60 Å². The largest absolute Gasteiger partial charge is 0.374 e. The zero-order valence-corrected chi connectivity index (χ0v) is 14.7. The van der Waals surface area contributed by atoms with Crippen molar-refractivity contribution in [2.75, 3.05) is 25.3 Å². The van der Waals surface area contributed by atoms with Gasteiger partial charge in [0.15, 0.2) is 11.2 Å². The van der Waals surface area contributed by atoms with Crippen LogP contribution >= 0.6 is 7.60 Å². The Balaban J connectivity index is 1.50. The molecule has 0 amide bonds. The summed E-state index contributed by atoms with van der Waals surface area (Å²) >= 11 is 0. The molecule has 0 fully saturated rings. The molecule has 11 nitrogen and oxygen atoms in total. The van der Waals surface area contributed by atoms with Crippen LogP contribution in [0.4, 0.5) is 5.95 Å². The highest BCUT2D eigenvalue weighted by molar-refractivity contribution is 7.51. The maximum atomic E-state index is 11.8. The highest BCUT2D eigenvalue weighted by Crippen LogP contribution is 2.33. The Kier molecular flexibility index (Phi) is 5.54. The second-order valence-electron chi connectivity index (χ2n) is 5.93. The predicted octanol–water partition coefficient (Wildman–Crippen LogP) is 0.130. The molecule has 12 heteroatoms. The number of ether oxygens (including phenoxy) is 2. The number of allylic oxidation sites excluding steroid dienone is 1. The maximum absolute atomic E-state index is 11.8. The molecule has 0 spiro atoms. The van der Waals surface area contributed by atoms with Crippen LogP contribution in [0.5, 0.6) is 0 Å². The zero-order valence-electron chi connectivity index (χ0n) is 13.8. The van der Waals surface area contributed by atoms with Gasteiger partial charge in [0.1, 0.15) is 6.35 Å². The molecule has 26 heavy (non-hydrogen) atoms. The third-order valence-electron chi connectivity index (χ3n) is 3.85. The van der Waals surface area contributed by atoms with E-state index >= 15 is 0 Å².